The van der Waals surface area contributed by atoms with Gasteiger partial charge in [0, 0.05) is 6.08 Å². The predicted molar refractivity (Wildman–Crippen MR) is 70.4 cm³/mol. The molecule has 1 atom stereocenters. The normalized spacial score (nSPS) is 12.9. The zero-order valence-corrected chi connectivity index (χ0v) is 11.3. The standard InChI is InChI=1S/C11H14BrNO2S/c1-2-9(6-14)13-11(15)4-3-8-5-10(12)16-7-8/h3-5,7,9,14H,2,6H2,1H3,(H,13,15)/b4-3+. The van der Waals surface area contributed by atoms with Crippen molar-refractivity contribution in [1.29, 1.82) is 0 Å². The largest absolute Gasteiger partial charge is 0.394 e. The Morgan fingerprint density at radius 2 is 2.50 bits per heavy atom. The van der Waals surface area contributed by atoms with Gasteiger partial charge in [-0.2, -0.15) is 0 Å². The second-order valence-electron chi connectivity index (χ2n) is 3.31. The highest BCUT2D eigenvalue weighted by Crippen LogP contribution is 2.21. The van der Waals surface area contributed by atoms with Crippen LogP contribution in [0, 0.1) is 0 Å². The summed E-state index contributed by atoms with van der Waals surface area (Å²) < 4.78 is 1.04. The lowest BCUT2D eigenvalue weighted by Gasteiger charge is -2.11. The minimum atomic E-state index is -0.178. The summed E-state index contributed by atoms with van der Waals surface area (Å²) in [6, 6.07) is 1.78. The number of nitrogens with one attached hydrogen (secondary N) is 1. The Kier molecular flexibility index (Phi) is 5.73. The Labute approximate surface area is 107 Å². The van der Waals surface area contributed by atoms with E-state index in [0.29, 0.717) is 0 Å². The minimum Gasteiger partial charge on any atom is -0.394 e. The maximum Gasteiger partial charge on any atom is 0.244 e. The van der Waals surface area contributed by atoms with E-state index in [2.05, 4.69) is 21.2 Å². The van der Waals surface area contributed by atoms with Crippen molar-refractivity contribution in [3.05, 3.63) is 26.9 Å². The van der Waals surface area contributed by atoms with Crippen molar-refractivity contribution in [2.45, 2.75) is 19.4 Å². The molecular weight excluding hydrogens is 290 g/mol. The first-order valence-corrected chi connectivity index (χ1v) is 6.66. The fraction of sp³-hybridized carbons (Fsp3) is 0.364. The second kappa shape index (κ2) is 6.83. The van der Waals surface area contributed by atoms with E-state index in [4.69, 9.17) is 5.11 Å². The molecule has 0 aliphatic heterocycles. The van der Waals surface area contributed by atoms with Crippen LogP contribution in [0.15, 0.2) is 21.3 Å². The second-order valence-corrected chi connectivity index (χ2v) is 5.60. The molecular formula is C11H14BrNO2S. The van der Waals surface area contributed by atoms with Crippen molar-refractivity contribution in [3.8, 4) is 0 Å². The van der Waals surface area contributed by atoms with E-state index >= 15 is 0 Å². The summed E-state index contributed by atoms with van der Waals surface area (Å²) in [7, 11) is 0. The lowest BCUT2D eigenvalue weighted by molar-refractivity contribution is -0.117. The maximum absolute atomic E-state index is 11.4. The molecule has 1 aromatic heterocycles. The zero-order chi connectivity index (χ0) is 12.0. The van der Waals surface area contributed by atoms with Crippen LogP contribution in [0.25, 0.3) is 6.08 Å². The fourth-order valence-electron chi connectivity index (χ4n) is 1.11. The van der Waals surface area contributed by atoms with Crippen molar-refractivity contribution >= 4 is 39.2 Å². The maximum atomic E-state index is 11.4. The molecule has 0 aliphatic carbocycles. The highest BCUT2D eigenvalue weighted by Gasteiger charge is 2.05. The Balaban J connectivity index is 2.48. The third kappa shape index (κ3) is 4.47. The van der Waals surface area contributed by atoms with Crippen molar-refractivity contribution < 1.29 is 9.90 Å². The van der Waals surface area contributed by atoms with E-state index in [9.17, 15) is 4.79 Å². The van der Waals surface area contributed by atoms with Crippen molar-refractivity contribution in [1.82, 2.24) is 5.32 Å². The third-order valence-corrected chi connectivity index (χ3v) is 3.60. The number of halogens is 1. The van der Waals surface area contributed by atoms with E-state index in [-0.39, 0.29) is 18.6 Å². The Morgan fingerprint density at radius 1 is 1.75 bits per heavy atom. The SMILES string of the molecule is CCC(CO)NC(=O)/C=C/c1csc(Br)c1. The lowest BCUT2D eigenvalue weighted by Crippen LogP contribution is -2.35. The van der Waals surface area contributed by atoms with Crippen LogP contribution >= 0.6 is 27.3 Å². The van der Waals surface area contributed by atoms with Crippen LogP contribution in [0.2, 0.25) is 0 Å². The van der Waals surface area contributed by atoms with Crippen LogP contribution in [0.5, 0.6) is 0 Å². The molecule has 2 N–H and O–H groups in total. The monoisotopic (exact) mass is 303 g/mol. The Hall–Kier alpha value is -0.650. The summed E-state index contributed by atoms with van der Waals surface area (Å²) in [5.41, 5.74) is 0.990. The van der Waals surface area contributed by atoms with Gasteiger partial charge in [0.05, 0.1) is 16.4 Å². The van der Waals surface area contributed by atoms with Gasteiger partial charge in [-0.05, 0) is 45.4 Å². The molecule has 1 heterocycles. The highest BCUT2D eigenvalue weighted by atomic mass is 79.9. The molecule has 88 valence electrons. The van der Waals surface area contributed by atoms with Gasteiger partial charge in [0.2, 0.25) is 5.91 Å². The number of carbonyl (C=O) groups is 1. The molecule has 0 saturated carbocycles. The Morgan fingerprint density at radius 3 is 3.00 bits per heavy atom. The zero-order valence-electron chi connectivity index (χ0n) is 8.94. The van der Waals surface area contributed by atoms with Gasteiger partial charge in [-0.1, -0.05) is 6.92 Å². The van der Waals surface area contributed by atoms with Gasteiger partial charge in [-0.15, -0.1) is 11.3 Å². The first-order chi connectivity index (χ1) is 7.65. The van der Waals surface area contributed by atoms with Gasteiger partial charge in [-0.3, -0.25) is 4.79 Å². The summed E-state index contributed by atoms with van der Waals surface area (Å²) in [6.07, 6.45) is 3.95. The van der Waals surface area contributed by atoms with Crippen LogP contribution in [0.3, 0.4) is 0 Å². The van der Waals surface area contributed by atoms with Crippen molar-refractivity contribution in [3.63, 3.8) is 0 Å². The van der Waals surface area contributed by atoms with Gasteiger partial charge in [-0.25, -0.2) is 0 Å². The fourth-order valence-corrected chi connectivity index (χ4v) is 2.25. The van der Waals surface area contributed by atoms with Crippen LogP contribution in [-0.2, 0) is 4.79 Å². The summed E-state index contributed by atoms with van der Waals surface area (Å²) in [6.45, 7) is 1.89. The molecule has 0 aromatic carbocycles. The topological polar surface area (TPSA) is 49.3 Å². The van der Waals surface area contributed by atoms with Crippen LogP contribution in [0.1, 0.15) is 18.9 Å². The van der Waals surface area contributed by atoms with Gasteiger partial charge in [0.25, 0.3) is 0 Å². The minimum absolute atomic E-state index is 0.0277. The van der Waals surface area contributed by atoms with Crippen LogP contribution < -0.4 is 5.32 Å². The first-order valence-electron chi connectivity index (χ1n) is 4.99. The smallest absolute Gasteiger partial charge is 0.244 e. The number of aliphatic hydroxyl groups is 1. The quantitative estimate of drug-likeness (QED) is 0.821. The van der Waals surface area contributed by atoms with Crippen LogP contribution in [-0.4, -0.2) is 23.7 Å². The molecule has 16 heavy (non-hydrogen) atoms. The van der Waals surface area contributed by atoms with E-state index in [1.165, 1.54) is 6.08 Å². The van der Waals surface area contributed by atoms with E-state index in [0.717, 1.165) is 15.8 Å². The number of thiophene rings is 1. The van der Waals surface area contributed by atoms with E-state index in [1.54, 1.807) is 17.4 Å². The van der Waals surface area contributed by atoms with Crippen molar-refractivity contribution in [2.75, 3.05) is 6.61 Å². The molecule has 3 nitrogen and oxygen atoms in total. The number of hydrogen-bond donors (Lipinski definition) is 2. The van der Waals surface area contributed by atoms with Gasteiger partial charge >= 0.3 is 0 Å². The summed E-state index contributed by atoms with van der Waals surface area (Å²) in [5, 5.41) is 13.6. The molecule has 0 saturated heterocycles. The summed E-state index contributed by atoms with van der Waals surface area (Å²) >= 11 is 4.93. The summed E-state index contributed by atoms with van der Waals surface area (Å²) in [5.74, 6) is -0.178. The molecule has 0 fully saturated rings. The molecule has 0 bridgehead atoms. The first kappa shape index (κ1) is 13.4. The Bertz CT molecular complexity index is 372. The number of carbonyl (C=O) groups excluding carboxylic acids is 1. The molecule has 1 unspecified atom stereocenters. The van der Waals surface area contributed by atoms with Gasteiger partial charge in [0.1, 0.15) is 0 Å². The number of aliphatic hydroxyl groups excluding tert-OH is 1. The molecule has 1 aromatic rings. The molecule has 1 rings (SSSR count). The molecule has 1 amide bonds. The van der Waals surface area contributed by atoms with Crippen LogP contribution in [0.4, 0.5) is 0 Å². The van der Waals surface area contributed by atoms with Crippen molar-refractivity contribution in [2.24, 2.45) is 0 Å². The molecule has 0 radical (unpaired) electrons. The molecule has 5 heteroatoms. The van der Waals surface area contributed by atoms with E-state index in [1.807, 2.05) is 18.4 Å². The molecule has 0 aliphatic rings. The van der Waals surface area contributed by atoms with E-state index < -0.39 is 0 Å². The predicted octanol–water partition coefficient (Wildman–Crippen LogP) is 2.41. The number of hydrogen-bond acceptors (Lipinski definition) is 3. The average molecular weight is 304 g/mol. The lowest BCUT2D eigenvalue weighted by atomic mass is 10.2. The molecule has 0 spiro atoms. The number of amides is 1. The average Bonchev–Trinajstić information content (AvgIpc) is 2.69. The van der Waals surface area contributed by atoms with Gasteiger partial charge < -0.3 is 10.4 Å². The van der Waals surface area contributed by atoms with Gasteiger partial charge in [0.15, 0.2) is 0 Å². The third-order valence-electron chi connectivity index (χ3n) is 2.07. The summed E-state index contributed by atoms with van der Waals surface area (Å²) in [4.78, 5) is 11.4. The highest BCUT2D eigenvalue weighted by molar-refractivity contribution is 9.11. The number of rotatable bonds is 5.